The Morgan fingerprint density at radius 2 is 1.44 bits per heavy atom. The summed E-state index contributed by atoms with van der Waals surface area (Å²) in [5, 5.41) is 3.38. The summed E-state index contributed by atoms with van der Waals surface area (Å²) in [7, 11) is 0. The second kappa shape index (κ2) is 9.79. The monoisotopic (exact) mass is 551 g/mol. The van der Waals surface area contributed by atoms with Crippen LogP contribution in [0.25, 0.3) is 49.7 Å². The lowest BCUT2D eigenvalue weighted by molar-refractivity contribution is 0.465. The number of aromatic nitrogens is 3. The minimum atomic E-state index is 0.526. The number of rotatable bonds is 4. The lowest BCUT2D eigenvalue weighted by Crippen LogP contribution is -1.98. The van der Waals surface area contributed by atoms with Gasteiger partial charge in [-0.3, -0.25) is 4.57 Å². The molecule has 0 saturated carbocycles. The Bertz CT molecular complexity index is 2120. The summed E-state index contributed by atoms with van der Waals surface area (Å²) < 4.78 is 8.59. The highest BCUT2D eigenvalue weighted by Crippen LogP contribution is 2.38. The molecule has 3 aromatic heterocycles. The fraction of sp³-hybridized carbons (Fsp3) is 0.111. The first kappa shape index (κ1) is 25.4. The highest BCUT2D eigenvalue weighted by Gasteiger charge is 2.16. The lowest BCUT2D eigenvalue weighted by Gasteiger charge is -2.15. The van der Waals surface area contributed by atoms with Gasteiger partial charge < -0.3 is 4.74 Å². The molecule has 0 aliphatic rings. The Morgan fingerprint density at radius 1 is 0.683 bits per heavy atom. The van der Waals surface area contributed by atoms with E-state index in [4.69, 9.17) is 27.3 Å². The largest absolute Gasteiger partial charge is 0.439 e. The van der Waals surface area contributed by atoms with Gasteiger partial charge in [-0.15, -0.1) is 12.6 Å². The Morgan fingerprint density at radius 3 is 2.24 bits per heavy atom. The summed E-state index contributed by atoms with van der Waals surface area (Å²) >= 11 is 4.76. The van der Waals surface area contributed by atoms with Crippen molar-refractivity contribution in [2.45, 2.75) is 32.6 Å². The molecule has 41 heavy (non-hydrogen) atoms. The fourth-order valence-electron chi connectivity index (χ4n) is 6.09. The van der Waals surface area contributed by atoms with Crippen molar-refractivity contribution in [3.63, 3.8) is 0 Å². The van der Waals surface area contributed by atoms with Crippen molar-refractivity contribution < 1.29 is 4.74 Å². The van der Waals surface area contributed by atoms with Gasteiger partial charge in [0.2, 0.25) is 5.88 Å². The first-order valence-corrected chi connectivity index (χ1v) is 14.2. The molecule has 0 aliphatic carbocycles. The molecule has 0 fully saturated rings. The predicted molar refractivity (Wildman–Crippen MR) is 172 cm³/mol. The third-order valence-corrected chi connectivity index (χ3v) is 8.12. The van der Waals surface area contributed by atoms with Crippen LogP contribution >= 0.6 is 12.6 Å². The van der Waals surface area contributed by atoms with Crippen molar-refractivity contribution in [3.05, 3.63) is 119 Å². The molecule has 0 saturated heterocycles. The predicted octanol–water partition coefficient (Wildman–Crippen LogP) is 9.71. The van der Waals surface area contributed by atoms with Crippen LogP contribution in [0.3, 0.4) is 0 Å². The van der Waals surface area contributed by atoms with E-state index in [-0.39, 0.29) is 0 Å². The third-order valence-electron chi connectivity index (χ3n) is 7.75. The summed E-state index contributed by atoms with van der Waals surface area (Å²) in [5.41, 5.74) is 10.3. The van der Waals surface area contributed by atoms with Crippen LogP contribution in [0.1, 0.15) is 22.3 Å². The van der Waals surface area contributed by atoms with Crippen molar-refractivity contribution in [1.82, 2.24) is 14.5 Å². The summed E-state index contributed by atoms with van der Waals surface area (Å²) in [5.74, 6) is 2.12. The van der Waals surface area contributed by atoms with Gasteiger partial charge >= 0.3 is 0 Å². The average molecular weight is 552 g/mol. The molecule has 0 radical (unpaired) electrons. The minimum absolute atomic E-state index is 0.526. The van der Waals surface area contributed by atoms with Crippen molar-refractivity contribution in [3.8, 4) is 28.6 Å². The second-order valence-electron chi connectivity index (χ2n) is 10.8. The van der Waals surface area contributed by atoms with E-state index in [1.165, 1.54) is 27.6 Å². The first-order valence-electron chi connectivity index (χ1n) is 13.7. The maximum atomic E-state index is 6.39. The molecular formula is C36H29N3OS. The van der Waals surface area contributed by atoms with Crippen LogP contribution in [0.2, 0.25) is 0 Å². The summed E-state index contributed by atoms with van der Waals surface area (Å²) in [4.78, 5) is 10.4. The molecule has 0 spiro atoms. The Balaban J connectivity index is 1.34. The number of ether oxygens (including phenoxy) is 1. The van der Waals surface area contributed by atoms with E-state index in [1.54, 1.807) is 0 Å². The molecule has 4 nitrogen and oxygen atoms in total. The molecule has 3 heterocycles. The van der Waals surface area contributed by atoms with Crippen LogP contribution in [-0.4, -0.2) is 14.5 Å². The lowest BCUT2D eigenvalue weighted by atomic mass is 9.91. The molecule has 0 aliphatic heterocycles. The number of aryl methyl sites for hydroxylation is 4. The van der Waals surface area contributed by atoms with Crippen molar-refractivity contribution in [2.24, 2.45) is 0 Å². The van der Waals surface area contributed by atoms with Crippen LogP contribution in [0.15, 0.2) is 102 Å². The molecule has 0 amide bonds. The average Bonchev–Trinajstić information content (AvgIpc) is 3.27. The molecule has 0 unspecified atom stereocenters. The SMILES string of the molecule is Cc1ccnc(-n2c3ccccc3c3ccc(Oc4ccc5c(-c6c(C)cc(C)cc6C)ccc(S)c5n4)cc32)c1. The smallest absolute Gasteiger partial charge is 0.219 e. The zero-order valence-corrected chi connectivity index (χ0v) is 24.3. The molecule has 0 atom stereocenters. The normalized spacial score (nSPS) is 11.5. The topological polar surface area (TPSA) is 39.9 Å². The number of thiol groups is 1. The molecule has 7 rings (SSSR count). The van der Waals surface area contributed by atoms with Gasteiger partial charge in [-0.1, -0.05) is 42.0 Å². The standard InChI is InChI=1S/C36H29N3OS/c1-21-15-16-37-33(19-21)39-30-8-6-5-7-26(30)27-10-9-25(20-31(27)39)40-34-14-12-29-28(11-13-32(41)36(29)38-34)35-23(3)17-22(2)18-24(35)4/h5-20,41H,1-4H3. The van der Waals surface area contributed by atoms with Crippen molar-refractivity contribution in [2.75, 3.05) is 0 Å². The van der Waals surface area contributed by atoms with Crippen LogP contribution in [0, 0.1) is 27.7 Å². The maximum absolute atomic E-state index is 6.39. The second-order valence-corrected chi connectivity index (χ2v) is 11.3. The van der Waals surface area contributed by atoms with Gasteiger partial charge in [0.15, 0.2) is 0 Å². The minimum Gasteiger partial charge on any atom is -0.439 e. The Labute approximate surface area is 244 Å². The number of nitrogens with zero attached hydrogens (tertiary/aromatic N) is 3. The van der Waals surface area contributed by atoms with E-state index in [2.05, 4.69) is 99.0 Å². The number of para-hydroxylation sites is 1. The number of hydrogen-bond donors (Lipinski definition) is 1. The van der Waals surface area contributed by atoms with E-state index in [0.29, 0.717) is 11.6 Å². The van der Waals surface area contributed by atoms with E-state index in [9.17, 15) is 0 Å². The molecule has 4 aromatic carbocycles. The van der Waals surface area contributed by atoms with Crippen LogP contribution in [0.5, 0.6) is 11.6 Å². The van der Waals surface area contributed by atoms with Gasteiger partial charge in [0.25, 0.3) is 0 Å². The Hall–Kier alpha value is -4.61. The number of pyridine rings is 2. The van der Waals surface area contributed by atoms with Gasteiger partial charge in [0.05, 0.1) is 16.6 Å². The molecule has 0 bridgehead atoms. The van der Waals surface area contributed by atoms with Gasteiger partial charge in [-0.05, 0) is 98.0 Å². The van der Waals surface area contributed by atoms with Crippen LogP contribution in [0.4, 0.5) is 0 Å². The zero-order chi connectivity index (χ0) is 28.2. The van der Waals surface area contributed by atoms with Crippen LogP contribution in [-0.2, 0) is 0 Å². The molecule has 7 aromatic rings. The maximum Gasteiger partial charge on any atom is 0.219 e. The van der Waals surface area contributed by atoms with E-state index >= 15 is 0 Å². The highest BCUT2D eigenvalue weighted by atomic mass is 32.1. The van der Waals surface area contributed by atoms with Crippen molar-refractivity contribution >= 4 is 45.3 Å². The number of benzene rings is 4. The molecule has 5 heteroatoms. The summed E-state index contributed by atoms with van der Waals surface area (Å²) in [6, 6.07) is 31.4. The van der Waals surface area contributed by atoms with Gasteiger partial charge in [-0.2, -0.15) is 0 Å². The molecular weight excluding hydrogens is 522 g/mol. The zero-order valence-electron chi connectivity index (χ0n) is 23.4. The van der Waals surface area contributed by atoms with Gasteiger partial charge in [-0.25, -0.2) is 9.97 Å². The highest BCUT2D eigenvalue weighted by molar-refractivity contribution is 7.80. The number of hydrogen-bond acceptors (Lipinski definition) is 4. The van der Waals surface area contributed by atoms with Crippen LogP contribution < -0.4 is 4.74 Å². The first-order chi connectivity index (χ1) is 19.9. The fourth-order valence-corrected chi connectivity index (χ4v) is 6.33. The van der Waals surface area contributed by atoms with Gasteiger partial charge in [0, 0.05) is 39.4 Å². The van der Waals surface area contributed by atoms with E-state index in [0.717, 1.165) is 49.2 Å². The van der Waals surface area contributed by atoms with Crippen molar-refractivity contribution in [1.29, 1.82) is 0 Å². The van der Waals surface area contributed by atoms with E-state index < -0.39 is 0 Å². The third kappa shape index (κ3) is 4.34. The molecule has 0 N–H and O–H groups in total. The van der Waals surface area contributed by atoms with E-state index in [1.807, 2.05) is 30.5 Å². The molecule has 200 valence electrons. The quantitative estimate of drug-likeness (QED) is 0.221. The summed E-state index contributed by atoms with van der Waals surface area (Å²) in [6.45, 7) is 8.56. The Kier molecular flexibility index (Phi) is 6.06. The summed E-state index contributed by atoms with van der Waals surface area (Å²) in [6.07, 6.45) is 1.85. The van der Waals surface area contributed by atoms with Gasteiger partial charge in [0.1, 0.15) is 11.6 Å². The number of fused-ring (bicyclic) bond motifs is 4.